The first-order valence-corrected chi connectivity index (χ1v) is 5.60. The lowest BCUT2D eigenvalue weighted by Crippen LogP contribution is -2.36. The molecule has 0 amide bonds. The van der Waals surface area contributed by atoms with Gasteiger partial charge in [0.25, 0.3) is 0 Å². The van der Waals surface area contributed by atoms with Crippen LogP contribution in [0.2, 0.25) is 0 Å². The lowest BCUT2D eigenvalue weighted by molar-refractivity contribution is -0.170. The van der Waals surface area contributed by atoms with Crippen LogP contribution in [0.1, 0.15) is 33.6 Å². The molecule has 0 aromatic carbocycles. The van der Waals surface area contributed by atoms with Crippen molar-refractivity contribution in [3.8, 4) is 0 Å². The first kappa shape index (κ1) is 13.0. The van der Waals surface area contributed by atoms with Gasteiger partial charge in [-0.15, -0.1) is 0 Å². The van der Waals surface area contributed by atoms with Crippen LogP contribution >= 0.6 is 0 Å². The Morgan fingerprint density at radius 2 is 2.12 bits per heavy atom. The molecule has 1 saturated heterocycles. The summed E-state index contributed by atoms with van der Waals surface area (Å²) < 4.78 is 15.1. The molecule has 0 radical (unpaired) electrons. The molecule has 5 nitrogen and oxygen atoms in total. The molecule has 1 aliphatic rings. The monoisotopic (exact) mass is 230 g/mol. The van der Waals surface area contributed by atoms with Gasteiger partial charge in [0.05, 0.1) is 6.61 Å². The molecule has 5 heteroatoms. The quantitative estimate of drug-likeness (QED) is 0.525. The highest BCUT2D eigenvalue weighted by atomic mass is 16.7. The van der Waals surface area contributed by atoms with E-state index in [1.807, 2.05) is 6.92 Å². The van der Waals surface area contributed by atoms with Gasteiger partial charge in [0, 0.05) is 13.0 Å². The van der Waals surface area contributed by atoms with Crippen LogP contribution in [-0.4, -0.2) is 31.4 Å². The predicted octanol–water partition coefficient (Wildman–Crippen LogP) is 1.26. The van der Waals surface area contributed by atoms with E-state index in [4.69, 9.17) is 14.2 Å². The summed E-state index contributed by atoms with van der Waals surface area (Å²) in [5, 5.41) is 0. The molecule has 2 atom stereocenters. The zero-order chi connectivity index (χ0) is 12.2. The Hall–Kier alpha value is -1.10. The van der Waals surface area contributed by atoms with Crippen molar-refractivity contribution < 1.29 is 23.8 Å². The van der Waals surface area contributed by atoms with E-state index in [0.717, 1.165) is 0 Å². The van der Waals surface area contributed by atoms with Crippen LogP contribution in [0.3, 0.4) is 0 Å². The summed E-state index contributed by atoms with van der Waals surface area (Å²) in [6.45, 7) is 5.99. The van der Waals surface area contributed by atoms with E-state index in [1.54, 1.807) is 13.8 Å². The molecule has 0 spiro atoms. The van der Waals surface area contributed by atoms with Crippen LogP contribution in [0.25, 0.3) is 0 Å². The summed E-state index contributed by atoms with van der Waals surface area (Å²) in [4.78, 5) is 23.5. The molecule has 1 fully saturated rings. The third kappa shape index (κ3) is 2.19. The molecule has 1 rings (SSSR count). The van der Waals surface area contributed by atoms with Gasteiger partial charge in [-0.2, -0.15) is 0 Å². The minimum atomic E-state index is -1.17. The number of carbonyl (C=O) groups excluding carboxylic acids is 2. The minimum Gasteiger partial charge on any atom is -0.465 e. The maximum absolute atomic E-state index is 11.8. The second-order valence-electron chi connectivity index (χ2n) is 3.65. The van der Waals surface area contributed by atoms with Crippen molar-refractivity contribution in [2.24, 2.45) is 5.41 Å². The smallest absolute Gasteiger partial charge is 0.326 e. The fourth-order valence-corrected chi connectivity index (χ4v) is 1.79. The number of cyclic esters (lactones) is 1. The second kappa shape index (κ2) is 5.30. The van der Waals surface area contributed by atoms with E-state index in [0.29, 0.717) is 13.0 Å². The molecule has 1 aliphatic heterocycles. The molecule has 1 heterocycles. The Balaban J connectivity index is 2.80. The Morgan fingerprint density at radius 3 is 2.62 bits per heavy atom. The molecule has 0 saturated carbocycles. The third-order valence-corrected chi connectivity index (χ3v) is 2.77. The van der Waals surface area contributed by atoms with E-state index in [-0.39, 0.29) is 13.0 Å². The molecule has 0 aliphatic carbocycles. The minimum absolute atomic E-state index is 0.245. The van der Waals surface area contributed by atoms with Gasteiger partial charge in [0.2, 0.25) is 6.29 Å². The van der Waals surface area contributed by atoms with Gasteiger partial charge >= 0.3 is 11.9 Å². The average molecular weight is 230 g/mol. The van der Waals surface area contributed by atoms with Crippen molar-refractivity contribution in [2.75, 3.05) is 13.2 Å². The van der Waals surface area contributed by atoms with Gasteiger partial charge in [-0.1, -0.05) is 6.92 Å². The van der Waals surface area contributed by atoms with Crippen LogP contribution in [0.4, 0.5) is 0 Å². The molecule has 0 aromatic rings. The Bertz CT molecular complexity index is 276. The number of hydrogen-bond donors (Lipinski definition) is 0. The number of esters is 2. The molecular weight excluding hydrogens is 212 g/mol. The van der Waals surface area contributed by atoms with Crippen LogP contribution in [0, 0.1) is 5.41 Å². The van der Waals surface area contributed by atoms with Crippen molar-refractivity contribution in [3.05, 3.63) is 0 Å². The van der Waals surface area contributed by atoms with Crippen molar-refractivity contribution in [3.63, 3.8) is 0 Å². The zero-order valence-corrected chi connectivity index (χ0v) is 9.95. The highest BCUT2D eigenvalue weighted by molar-refractivity contribution is 6.01. The van der Waals surface area contributed by atoms with Crippen molar-refractivity contribution in [2.45, 2.75) is 39.9 Å². The third-order valence-electron chi connectivity index (χ3n) is 2.77. The molecule has 92 valence electrons. The molecule has 0 aromatic heterocycles. The highest BCUT2D eigenvalue weighted by Crippen LogP contribution is 2.38. The fraction of sp³-hybridized carbons (Fsp3) is 0.818. The van der Waals surface area contributed by atoms with Crippen LogP contribution in [-0.2, 0) is 23.8 Å². The molecule has 0 bridgehead atoms. The summed E-state index contributed by atoms with van der Waals surface area (Å²) in [5.41, 5.74) is -1.17. The first-order chi connectivity index (χ1) is 7.60. The number of ether oxygens (including phenoxy) is 3. The topological polar surface area (TPSA) is 61.8 Å². The second-order valence-corrected chi connectivity index (χ2v) is 3.65. The van der Waals surface area contributed by atoms with E-state index in [9.17, 15) is 9.59 Å². The lowest BCUT2D eigenvalue weighted by atomic mass is 9.83. The average Bonchev–Trinajstić information content (AvgIpc) is 2.57. The van der Waals surface area contributed by atoms with E-state index in [2.05, 4.69) is 0 Å². The molecule has 16 heavy (non-hydrogen) atoms. The predicted molar refractivity (Wildman–Crippen MR) is 55.5 cm³/mol. The van der Waals surface area contributed by atoms with E-state index in [1.165, 1.54) is 0 Å². The Kier molecular flexibility index (Phi) is 4.29. The molecule has 0 N–H and O–H groups in total. The number of carbonyl (C=O) groups is 2. The van der Waals surface area contributed by atoms with E-state index < -0.39 is 23.6 Å². The van der Waals surface area contributed by atoms with Crippen LogP contribution in [0.15, 0.2) is 0 Å². The van der Waals surface area contributed by atoms with Gasteiger partial charge in [-0.3, -0.25) is 9.59 Å². The summed E-state index contributed by atoms with van der Waals surface area (Å²) >= 11 is 0. The van der Waals surface area contributed by atoms with E-state index >= 15 is 0 Å². The maximum Gasteiger partial charge on any atom is 0.326 e. The van der Waals surface area contributed by atoms with Crippen molar-refractivity contribution >= 4 is 11.9 Å². The van der Waals surface area contributed by atoms with Crippen molar-refractivity contribution in [1.82, 2.24) is 0 Å². The van der Waals surface area contributed by atoms with Crippen LogP contribution < -0.4 is 0 Å². The SMILES string of the molecule is CCOC(=O)C1(CC)CC(OCC)OC1=O. The Morgan fingerprint density at radius 1 is 1.44 bits per heavy atom. The standard InChI is InChI=1S/C11H18O5/c1-4-11(9(12)15-6-3)7-8(14-5-2)16-10(11)13/h8H,4-7H2,1-3H3. The van der Waals surface area contributed by atoms with Gasteiger partial charge in [-0.05, 0) is 20.3 Å². The van der Waals surface area contributed by atoms with Crippen LogP contribution in [0.5, 0.6) is 0 Å². The summed E-state index contributed by atoms with van der Waals surface area (Å²) in [6, 6.07) is 0. The number of rotatable bonds is 5. The van der Waals surface area contributed by atoms with Gasteiger partial charge in [0.15, 0.2) is 5.41 Å². The number of hydrogen-bond acceptors (Lipinski definition) is 5. The van der Waals surface area contributed by atoms with Gasteiger partial charge in [-0.25, -0.2) is 0 Å². The molecule has 2 unspecified atom stereocenters. The fourth-order valence-electron chi connectivity index (χ4n) is 1.79. The van der Waals surface area contributed by atoms with Gasteiger partial charge < -0.3 is 14.2 Å². The lowest BCUT2D eigenvalue weighted by Gasteiger charge is -2.19. The summed E-state index contributed by atoms with van der Waals surface area (Å²) in [7, 11) is 0. The van der Waals surface area contributed by atoms with Crippen molar-refractivity contribution in [1.29, 1.82) is 0 Å². The molecular formula is C11H18O5. The summed E-state index contributed by atoms with van der Waals surface area (Å²) in [6.07, 6.45) is -0.00895. The largest absolute Gasteiger partial charge is 0.465 e. The summed E-state index contributed by atoms with van der Waals surface area (Å²) in [5.74, 6) is -1.04. The first-order valence-electron chi connectivity index (χ1n) is 5.60. The van der Waals surface area contributed by atoms with Gasteiger partial charge in [0.1, 0.15) is 0 Å². The normalized spacial score (nSPS) is 28.9. The Labute approximate surface area is 95.0 Å². The maximum atomic E-state index is 11.8. The highest BCUT2D eigenvalue weighted by Gasteiger charge is 2.55. The zero-order valence-electron chi connectivity index (χ0n) is 9.95.